The number of carbonyl (C=O) groups excluding carboxylic acids is 1. The normalized spacial score (nSPS) is 13.3. The molecular formula is C19H18N4O3. The Bertz CT molecular complexity index is 924. The molecule has 0 saturated heterocycles. The van der Waals surface area contributed by atoms with E-state index in [2.05, 4.69) is 20.6 Å². The van der Waals surface area contributed by atoms with Crippen molar-refractivity contribution in [1.29, 1.82) is 0 Å². The monoisotopic (exact) mass is 350 g/mol. The van der Waals surface area contributed by atoms with Gasteiger partial charge in [-0.15, -0.1) is 0 Å². The van der Waals surface area contributed by atoms with Gasteiger partial charge in [-0.3, -0.25) is 0 Å². The Balaban J connectivity index is 1.39. The Morgan fingerprint density at radius 1 is 1.15 bits per heavy atom. The van der Waals surface area contributed by atoms with Crippen LogP contribution in [0.5, 0.6) is 11.5 Å². The number of nitrogens with one attached hydrogen (secondary N) is 3. The van der Waals surface area contributed by atoms with Gasteiger partial charge in [0.2, 0.25) is 6.79 Å². The number of amides is 2. The minimum Gasteiger partial charge on any atom is -0.454 e. The quantitative estimate of drug-likeness (QED) is 0.670. The van der Waals surface area contributed by atoms with Gasteiger partial charge in [-0.1, -0.05) is 30.3 Å². The molecule has 132 valence electrons. The summed E-state index contributed by atoms with van der Waals surface area (Å²) in [5, 5.41) is 5.64. The van der Waals surface area contributed by atoms with Crippen LogP contribution in [0.1, 0.15) is 18.8 Å². The largest absolute Gasteiger partial charge is 0.454 e. The molecule has 2 amide bonds. The number of hydrogen-bond donors (Lipinski definition) is 3. The van der Waals surface area contributed by atoms with E-state index in [1.807, 2.05) is 37.3 Å². The van der Waals surface area contributed by atoms with Gasteiger partial charge in [0.15, 0.2) is 11.5 Å². The van der Waals surface area contributed by atoms with Crippen molar-refractivity contribution in [2.75, 3.05) is 12.1 Å². The Morgan fingerprint density at radius 2 is 1.96 bits per heavy atom. The summed E-state index contributed by atoms with van der Waals surface area (Å²) in [6.07, 6.45) is 1.76. The highest BCUT2D eigenvalue weighted by molar-refractivity contribution is 5.89. The van der Waals surface area contributed by atoms with E-state index in [0.717, 1.165) is 11.3 Å². The van der Waals surface area contributed by atoms with Gasteiger partial charge in [0.25, 0.3) is 0 Å². The molecule has 4 rings (SSSR count). The number of benzene rings is 2. The first kappa shape index (κ1) is 16.0. The zero-order valence-corrected chi connectivity index (χ0v) is 14.2. The second-order valence-corrected chi connectivity index (χ2v) is 5.94. The predicted octanol–water partition coefficient (Wildman–Crippen LogP) is 3.69. The summed E-state index contributed by atoms with van der Waals surface area (Å²) in [6.45, 7) is 2.07. The van der Waals surface area contributed by atoms with Gasteiger partial charge in [-0.2, -0.15) is 0 Å². The number of H-pyrrole nitrogens is 1. The van der Waals surface area contributed by atoms with Crippen molar-refractivity contribution < 1.29 is 14.3 Å². The third kappa shape index (κ3) is 3.32. The minimum atomic E-state index is -0.325. The highest BCUT2D eigenvalue weighted by Gasteiger charge is 2.16. The van der Waals surface area contributed by atoms with Crippen LogP contribution >= 0.6 is 0 Å². The molecule has 2 heterocycles. The number of aromatic amines is 1. The fourth-order valence-corrected chi connectivity index (χ4v) is 2.73. The lowest BCUT2D eigenvalue weighted by molar-refractivity contribution is 0.174. The highest BCUT2D eigenvalue weighted by atomic mass is 16.7. The van der Waals surface area contributed by atoms with E-state index >= 15 is 0 Å². The van der Waals surface area contributed by atoms with E-state index in [-0.39, 0.29) is 18.9 Å². The van der Waals surface area contributed by atoms with Crippen LogP contribution in [0.25, 0.3) is 11.3 Å². The van der Waals surface area contributed by atoms with Crippen molar-refractivity contribution in [3.63, 3.8) is 0 Å². The van der Waals surface area contributed by atoms with Crippen molar-refractivity contribution in [2.45, 2.75) is 13.0 Å². The smallest absolute Gasteiger partial charge is 0.319 e. The zero-order valence-electron chi connectivity index (χ0n) is 14.2. The summed E-state index contributed by atoms with van der Waals surface area (Å²) in [7, 11) is 0. The van der Waals surface area contributed by atoms with E-state index < -0.39 is 0 Å². The maximum Gasteiger partial charge on any atom is 0.319 e. The Kier molecular flexibility index (Phi) is 4.18. The van der Waals surface area contributed by atoms with Crippen LogP contribution in [0.4, 0.5) is 10.5 Å². The third-order valence-electron chi connectivity index (χ3n) is 4.07. The first-order valence-electron chi connectivity index (χ1n) is 8.26. The summed E-state index contributed by atoms with van der Waals surface area (Å²) in [4.78, 5) is 19.8. The van der Waals surface area contributed by atoms with Gasteiger partial charge < -0.3 is 25.1 Å². The van der Waals surface area contributed by atoms with Gasteiger partial charge in [-0.05, 0) is 24.6 Å². The lowest BCUT2D eigenvalue weighted by Crippen LogP contribution is -2.31. The fourth-order valence-electron chi connectivity index (χ4n) is 2.73. The number of aromatic nitrogens is 2. The molecule has 0 bridgehead atoms. The maximum absolute atomic E-state index is 12.2. The fraction of sp³-hybridized carbons (Fsp3) is 0.158. The van der Waals surface area contributed by atoms with Crippen LogP contribution in [0, 0.1) is 0 Å². The van der Waals surface area contributed by atoms with E-state index in [9.17, 15) is 4.79 Å². The molecular weight excluding hydrogens is 332 g/mol. The molecule has 2 aromatic carbocycles. The van der Waals surface area contributed by atoms with Gasteiger partial charge >= 0.3 is 6.03 Å². The second-order valence-electron chi connectivity index (χ2n) is 5.94. The summed E-state index contributed by atoms with van der Waals surface area (Å²) < 4.78 is 10.6. The molecule has 0 aliphatic carbocycles. The number of nitrogens with zero attached hydrogens (tertiary/aromatic N) is 1. The van der Waals surface area contributed by atoms with Gasteiger partial charge in [0.1, 0.15) is 5.82 Å². The summed E-state index contributed by atoms with van der Waals surface area (Å²) >= 11 is 0. The van der Waals surface area contributed by atoms with Crippen LogP contribution in [0.2, 0.25) is 0 Å². The first-order valence-corrected chi connectivity index (χ1v) is 8.26. The van der Waals surface area contributed by atoms with Crippen LogP contribution in [-0.2, 0) is 0 Å². The average Bonchev–Trinajstić information content (AvgIpc) is 3.31. The molecule has 0 radical (unpaired) electrons. The first-order chi connectivity index (χ1) is 12.7. The molecule has 7 heteroatoms. The van der Waals surface area contributed by atoms with Crippen molar-refractivity contribution in [2.24, 2.45) is 0 Å². The van der Waals surface area contributed by atoms with E-state index in [1.165, 1.54) is 0 Å². The summed E-state index contributed by atoms with van der Waals surface area (Å²) in [5.74, 6) is 1.98. The highest BCUT2D eigenvalue weighted by Crippen LogP contribution is 2.34. The van der Waals surface area contributed by atoms with Crippen LogP contribution in [0.3, 0.4) is 0 Å². The molecule has 1 aliphatic rings. The zero-order chi connectivity index (χ0) is 17.9. The molecule has 0 spiro atoms. The molecule has 3 N–H and O–H groups in total. The van der Waals surface area contributed by atoms with Gasteiger partial charge in [0, 0.05) is 11.8 Å². The maximum atomic E-state index is 12.2. The average molecular weight is 350 g/mol. The lowest BCUT2D eigenvalue weighted by Gasteiger charge is -2.13. The molecule has 1 aromatic heterocycles. The SMILES string of the molecule is C[C@H](NC(=O)Nc1ccc2c(c1)OCO2)c1ncc(-c2ccccc2)[nH]1. The number of rotatable bonds is 4. The number of anilines is 1. The molecule has 26 heavy (non-hydrogen) atoms. The Hall–Kier alpha value is -3.48. The number of ether oxygens (including phenoxy) is 2. The third-order valence-corrected chi connectivity index (χ3v) is 4.07. The summed E-state index contributed by atoms with van der Waals surface area (Å²) in [6, 6.07) is 14.6. The van der Waals surface area contributed by atoms with Crippen LogP contribution in [0.15, 0.2) is 54.7 Å². The topological polar surface area (TPSA) is 88.3 Å². The molecule has 3 aromatic rings. The number of imidazole rings is 1. The molecule has 0 unspecified atom stereocenters. The van der Waals surface area contributed by atoms with Gasteiger partial charge in [0.05, 0.1) is 17.9 Å². The standard InChI is InChI=1S/C19H18N4O3/c1-12(18-20-10-15(23-18)13-5-3-2-4-6-13)21-19(24)22-14-7-8-16-17(9-14)26-11-25-16/h2-10,12H,11H2,1H3,(H,20,23)(H2,21,22,24)/t12-/m0/s1. The minimum absolute atomic E-state index is 0.199. The summed E-state index contributed by atoms with van der Waals surface area (Å²) in [5.41, 5.74) is 2.58. The van der Waals surface area contributed by atoms with Crippen molar-refractivity contribution >= 4 is 11.7 Å². The molecule has 1 atom stereocenters. The molecule has 1 aliphatic heterocycles. The Morgan fingerprint density at radius 3 is 2.81 bits per heavy atom. The molecule has 7 nitrogen and oxygen atoms in total. The molecule has 0 saturated carbocycles. The van der Waals surface area contributed by atoms with Crippen LogP contribution < -0.4 is 20.1 Å². The molecule has 0 fully saturated rings. The van der Waals surface area contributed by atoms with Crippen LogP contribution in [-0.4, -0.2) is 22.8 Å². The number of carbonyl (C=O) groups is 1. The van der Waals surface area contributed by atoms with Crippen molar-refractivity contribution in [3.05, 3.63) is 60.6 Å². The van der Waals surface area contributed by atoms with Crippen molar-refractivity contribution in [3.8, 4) is 22.8 Å². The van der Waals surface area contributed by atoms with Gasteiger partial charge in [-0.25, -0.2) is 9.78 Å². The lowest BCUT2D eigenvalue weighted by atomic mass is 10.2. The van der Waals surface area contributed by atoms with E-state index in [4.69, 9.17) is 9.47 Å². The Labute approximate surface area is 150 Å². The predicted molar refractivity (Wildman–Crippen MR) is 97.2 cm³/mol. The van der Waals surface area contributed by atoms with E-state index in [1.54, 1.807) is 24.4 Å². The van der Waals surface area contributed by atoms with Crippen molar-refractivity contribution in [1.82, 2.24) is 15.3 Å². The number of urea groups is 1. The number of hydrogen-bond acceptors (Lipinski definition) is 4. The van der Waals surface area contributed by atoms with E-state index in [0.29, 0.717) is 23.0 Å². The number of fused-ring (bicyclic) bond motifs is 1. The second kappa shape index (κ2) is 6.79.